The molecule has 0 bridgehead atoms. The number of hydrogen-bond acceptors (Lipinski definition) is 2. The van der Waals surface area contributed by atoms with Crippen molar-refractivity contribution in [2.45, 2.75) is 44.3 Å². The Bertz CT molecular complexity index is 591. The second kappa shape index (κ2) is 5.83. The van der Waals surface area contributed by atoms with Gasteiger partial charge < -0.3 is 0 Å². The van der Waals surface area contributed by atoms with Crippen molar-refractivity contribution in [3.63, 3.8) is 0 Å². The molecule has 0 spiro atoms. The van der Waals surface area contributed by atoms with Crippen LogP contribution < -0.4 is 0 Å². The van der Waals surface area contributed by atoms with E-state index < -0.39 is 27.6 Å². The SMILES string of the molecule is CC(C)(C)[S@@](=O)N=C(c1cccc(Br)n1)C1CC(F)(F)C1. The van der Waals surface area contributed by atoms with Crippen molar-refractivity contribution in [1.82, 2.24) is 4.98 Å². The summed E-state index contributed by atoms with van der Waals surface area (Å²) in [6.07, 6.45) is -0.525. The number of pyridine rings is 1. The molecule has 1 fully saturated rings. The van der Waals surface area contributed by atoms with E-state index in [-0.39, 0.29) is 12.8 Å². The topological polar surface area (TPSA) is 42.3 Å². The van der Waals surface area contributed by atoms with Gasteiger partial charge in [0.15, 0.2) is 0 Å². The lowest BCUT2D eigenvalue weighted by molar-refractivity contribution is -0.0907. The van der Waals surface area contributed by atoms with Gasteiger partial charge >= 0.3 is 0 Å². The van der Waals surface area contributed by atoms with Crippen molar-refractivity contribution in [2.24, 2.45) is 10.3 Å². The molecule has 0 unspecified atom stereocenters. The summed E-state index contributed by atoms with van der Waals surface area (Å²) in [6, 6.07) is 5.22. The summed E-state index contributed by atoms with van der Waals surface area (Å²) in [4.78, 5) is 4.27. The minimum Gasteiger partial charge on any atom is -0.240 e. The van der Waals surface area contributed by atoms with Crippen LogP contribution in [-0.2, 0) is 11.0 Å². The van der Waals surface area contributed by atoms with E-state index in [2.05, 4.69) is 25.3 Å². The lowest BCUT2D eigenvalue weighted by Crippen LogP contribution is -2.41. The zero-order valence-corrected chi connectivity index (χ0v) is 14.5. The molecule has 1 saturated carbocycles. The Morgan fingerprint density at radius 1 is 1.43 bits per heavy atom. The summed E-state index contributed by atoms with van der Waals surface area (Å²) in [5.41, 5.74) is 0.915. The van der Waals surface area contributed by atoms with Gasteiger partial charge in [-0.05, 0) is 48.8 Å². The lowest BCUT2D eigenvalue weighted by atomic mass is 9.77. The first-order valence-electron chi connectivity index (χ1n) is 6.60. The number of aromatic nitrogens is 1. The van der Waals surface area contributed by atoms with Crippen LogP contribution in [0.25, 0.3) is 0 Å². The minimum absolute atomic E-state index is 0.263. The third kappa shape index (κ3) is 4.16. The minimum atomic E-state index is -2.65. The van der Waals surface area contributed by atoms with Crippen molar-refractivity contribution >= 4 is 32.6 Å². The summed E-state index contributed by atoms with van der Waals surface area (Å²) < 4.78 is 42.8. The monoisotopic (exact) mass is 378 g/mol. The number of rotatable bonds is 3. The van der Waals surface area contributed by atoms with E-state index in [0.717, 1.165) is 0 Å². The van der Waals surface area contributed by atoms with Gasteiger partial charge in [-0.1, -0.05) is 6.07 Å². The number of hydrogen-bond donors (Lipinski definition) is 0. The molecular weight excluding hydrogens is 362 g/mol. The second-order valence-electron chi connectivity index (χ2n) is 6.14. The van der Waals surface area contributed by atoms with Crippen LogP contribution >= 0.6 is 15.9 Å². The first kappa shape index (κ1) is 16.7. The molecule has 1 heterocycles. The Morgan fingerprint density at radius 3 is 2.52 bits per heavy atom. The van der Waals surface area contributed by atoms with Crippen molar-refractivity contribution < 1.29 is 13.0 Å². The highest BCUT2D eigenvalue weighted by Crippen LogP contribution is 2.44. The maximum atomic E-state index is 13.2. The zero-order chi connectivity index (χ0) is 15.8. The van der Waals surface area contributed by atoms with E-state index in [1.165, 1.54) is 0 Å². The van der Waals surface area contributed by atoms with Crippen LogP contribution in [0.15, 0.2) is 27.2 Å². The highest BCUT2D eigenvalue weighted by atomic mass is 79.9. The molecule has 0 aromatic carbocycles. The van der Waals surface area contributed by atoms with E-state index in [1.807, 2.05) is 0 Å². The number of nitrogens with zero attached hydrogens (tertiary/aromatic N) is 2. The fraction of sp³-hybridized carbons (Fsp3) is 0.571. The van der Waals surface area contributed by atoms with Crippen molar-refractivity contribution in [3.05, 3.63) is 28.5 Å². The number of alkyl halides is 2. The quantitative estimate of drug-likeness (QED) is 0.585. The molecule has 116 valence electrons. The molecule has 1 aromatic rings. The van der Waals surface area contributed by atoms with Gasteiger partial charge in [0.25, 0.3) is 0 Å². The van der Waals surface area contributed by atoms with Crippen LogP contribution in [0.4, 0.5) is 8.78 Å². The maximum absolute atomic E-state index is 13.2. The maximum Gasteiger partial charge on any atom is 0.249 e. The van der Waals surface area contributed by atoms with Crippen LogP contribution in [0.3, 0.4) is 0 Å². The smallest absolute Gasteiger partial charge is 0.240 e. The van der Waals surface area contributed by atoms with Gasteiger partial charge in [0.2, 0.25) is 5.92 Å². The molecule has 3 nitrogen and oxygen atoms in total. The lowest BCUT2D eigenvalue weighted by Gasteiger charge is -2.35. The molecule has 0 radical (unpaired) electrons. The van der Waals surface area contributed by atoms with Gasteiger partial charge in [-0.3, -0.25) is 0 Å². The van der Waals surface area contributed by atoms with E-state index in [1.54, 1.807) is 39.0 Å². The summed E-state index contributed by atoms with van der Waals surface area (Å²) >= 11 is 3.26. The van der Waals surface area contributed by atoms with Gasteiger partial charge in [0.1, 0.15) is 15.6 Å². The molecular formula is C14H17BrF2N2OS. The van der Waals surface area contributed by atoms with Gasteiger partial charge in [-0.15, -0.1) is 0 Å². The average molecular weight is 379 g/mol. The van der Waals surface area contributed by atoms with Crippen LogP contribution in [-0.4, -0.2) is 25.6 Å². The highest BCUT2D eigenvalue weighted by Gasteiger charge is 2.48. The van der Waals surface area contributed by atoms with E-state index in [0.29, 0.717) is 16.0 Å². The average Bonchev–Trinajstić information content (AvgIpc) is 2.31. The summed E-state index contributed by atoms with van der Waals surface area (Å²) in [5, 5.41) is 0. The molecule has 0 aliphatic heterocycles. The van der Waals surface area contributed by atoms with Gasteiger partial charge in [0, 0.05) is 18.8 Å². The Morgan fingerprint density at radius 2 is 2.05 bits per heavy atom. The Labute approximate surface area is 134 Å². The molecule has 1 atom stereocenters. The normalized spacial score (nSPS) is 21.0. The van der Waals surface area contributed by atoms with Gasteiger partial charge in [-0.25, -0.2) is 18.0 Å². The molecule has 2 rings (SSSR count). The van der Waals surface area contributed by atoms with Crippen LogP contribution in [0.2, 0.25) is 0 Å². The predicted octanol–water partition coefficient (Wildman–Crippen LogP) is 4.14. The standard InChI is InChI=1S/C14H17BrF2N2OS/c1-13(2,3)21(20)19-12(9-7-14(16,17)8-9)10-5-4-6-11(15)18-10/h4-6,9H,7-8H2,1-3H3/t21-/m1/s1. The molecule has 0 saturated heterocycles. The predicted molar refractivity (Wildman–Crippen MR) is 84.0 cm³/mol. The van der Waals surface area contributed by atoms with Crippen molar-refractivity contribution in [3.8, 4) is 0 Å². The van der Waals surface area contributed by atoms with Crippen molar-refractivity contribution in [1.29, 1.82) is 0 Å². The first-order valence-corrected chi connectivity index (χ1v) is 8.50. The molecule has 1 aliphatic carbocycles. The van der Waals surface area contributed by atoms with Gasteiger partial charge in [-0.2, -0.15) is 4.40 Å². The van der Waals surface area contributed by atoms with E-state index >= 15 is 0 Å². The van der Waals surface area contributed by atoms with Crippen LogP contribution in [0.1, 0.15) is 39.3 Å². The molecule has 21 heavy (non-hydrogen) atoms. The highest BCUT2D eigenvalue weighted by molar-refractivity contribution is 9.10. The third-order valence-corrected chi connectivity index (χ3v) is 5.01. The molecule has 7 heteroatoms. The second-order valence-corrected chi connectivity index (χ2v) is 8.86. The Hall–Kier alpha value is -0.690. The summed E-state index contributed by atoms with van der Waals surface area (Å²) in [5.74, 6) is -3.05. The Kier molecular flexibility index (Phi) is 4.63. The third-order valence-electron chi connectivity index (χ3n) is 3.16. The van der Waals surface area contributed by atoms with Gasteiger partial charge in [0.05, 0.1) is 16.2 Å². The van der Waals surface area contributed by atoms with Crippen molar-refractivity contribution in [2.75, 3.05) is 0 Å². The summed E-state index contributed by atoms with van der Waals surface area (Å²) in [6.45, 7) is 5.40. The first-order chi connectivity index (χ1) is 9.58. The molecule has 1 aliphatic rings. The molecule has 0 N–H and O–H groups in total. The van der Waals surface area contributed by atoms with Crippen LogP contribution in [0, 0.1) is 5.92 Å². The fourth-order valence-electron chi connectivity index (χ4n) is 1.96. The summed E-state index contributed by atoms with van der Waals surface area (Å²) in [7, 11) is -1.50. The van der Waals surface area contributed by atoms with E-state index in [9.17, 15) is 13.0 Å². The molecule has 0 amide bonds. The largest absolute Gasteiger partial charge is 0.249 e. The fourth-order valence-corrected chi connectivity index (χ4v) is 3.00. The molecule has 1 aromatic heterocycles. The number of halogens is 3. The van der Waals surface area contributed by atoms with Crippen LogP contribution in [0.5, 0.6) is 0 Å². The Balaban J connectivity index is 2.36. The van der Waals surface area contributed by atoms with E-state index in [4.69, 9.17) is 0 Å². The zero-order valence-electron chi connectivity index (χ0n) is 12.1.